The molecular formula is C15H21NO. The zero-order chi connectivity index (χ0) is 12.6. The molecule has 0 fully saturated rings. The lowest BCUT2D eigenvalue weighted by atomic mass is 9.98. The number of benzene rings is 1. The van der Waals surface area contributed by atoms with E-state index in [2.05, 4.69) is 43.0 Å². The molecule has 0 unspecified atom stereocenters. The molecule has 1 aliphatic rings. The van der Waals surface area contributed by atoms with Gasteiger partial charge in [0.1, 0.15) is 0 Å². The molecule has 17 heavy (non-hydrogen) atoms. The van der Waals surface area contributed by atoms with Crippen molar-refractivity contribution in [1.82, 2.24) is 0 Å². The Bertz CT molecular complexity index is 423. The molecule has 1 aliphatic heterocycles. The largest absolute Gasteiger partial charge is 0.358 e. The Kier molecular flexibility index (Phi) is 3.23. The molecule has 1 atom stereocenters. The molecule has 1 heterocycles. The highest BCUT2D eigenvalue weighted by Gasteiger charge is 2.36. The lowest BCUT2D eigenvalue weighted by Gasteiger charge is -2.31. The average molecular weight is 231 g/mol. The lowest BCUT2D eigenvalue weighted by Crippen LogP contribution is -2.44. The van der Waals surface area contributed by atoms with E-state index in [1.807, 2.05) is 13.8 Å². The summed E-state index contributed by atoms with van der Waals surface area (Å²) in [6.07, 6.45) is 0.866. The van der Waals surface area contributed by atoms with Crippen molar-refractivity contribution in [2.45, 2.75) is 46.2 Å². The van der Waals surface area contributed by atoms with E-state index in [1.54, 1.807) is 0 Å². The first-order valence-corrected chi connectivity index (χ1v) is 6.42. The van der Waals surface area contributed by atoms with Gasteiger partial charge in [0.25, 0.3) is 0 Å². The van der Waals surface area contributed by atoms with Gasteiger partial charge in [-0.05, 0) is 25.5 Å². The van der Waals surface area contributed by atoms with E-state index in [1.165, 1.54) is 11.3 Å². The molecule has 1 aromatic rings. The van der Waals surface area contributed by atoms with E-state index in [0.717, 1.165) is 6.42 Å². The van der Waals surface area contributed by atoms with Crippen molar-refractivity contribution in [3.8, 4) is 0 Å². The maximum Gasteiger partial charge on any atom is 0.158 e. The van der Waals surface area contributed by atoms with Crippen molar-refractivity contribution in [1.29, 1.82) is 0 Å². The van der Waals surface area contributed by atoms with E-state index >= 15 is 0 Å². The number of anilines is 1. The molecule has 0 saturated heterocycles. The second-order valence-corrected chi connectivity index (χ2v) is 5.41. The molecule has 0 amide bonds. The normalized spacial score (nSPS) is 18.9. The summed E-state index contributed by atoms with van der Waals surface area (Å²) in [5.74, 6) is 0.463. The van der Waals surface area contributed by atoms with Gasteiger partial charge in [0.15, 0.2) is 5.78 Å². The predicted molar refractivity (Wildman–Crippen MR) is 71.4 cm³/mol. The van der Waals surface area contributed by atoms with Crippen molar-refractivity contribution in [2.24, 2.45) is 5.92 Å². The second kappa shape index (κ2) is 4.52. The topological polar surface area (TPSA) is 20.3 Å². The fourth-order valence-corrected chi connectivity index (χ4v) is 2.67. The molecule has 2 rings (SSSR count). The van der Waals surface area contributed by atoms with Gasteiger partial charge in [-0.15, -0.1) is 0 Å². The van der Waals surface area contributed by atoms with Gasteiger partial charge in [-0.25, -0.2) is 0 Å². The molecule has 92 valence electrons. The highest BCUT2D eigenvalue weighted by molar-refractivity contribution is 5.91. The number of carbonyl (C=O) groups excluding carboxylic acids is 1. The maximum absolute atomic E-state index is 12.3. The van der Waals surface area contributed by atoms with Gasteiger partial charge >= 0.3 is 0 Å². The summed E-state index contributed by atoms with van der Waals surface area (Å²) in [6, 6.07) is 8.77. The molecule has 0 N–H and O–H groups in total. The number of ketones is 1. The Morgan fingerprint density at radius 2 is 1.88 bits per heavy atom. The van der Waals surface area contributed by atoms with Gasteiger partial charge < -0.3 is 4.90 Å². The average Bonchev–Trinajstić information content (AvgIpc) is 2.66. The van der Waals surface area contributed by atoms with Crippen LogP contribution in [0.3, 0.4) is 0 Å². The molecule has 0 spiro atoms. The third-order valence-corrected chi connectivity index (χ3v) is 3.47. The number of hydrogen-bond acceptors (Lipinski definition) is 2. The lowest BCUT2D eigenvalue weighted by molar-refractivity contribution is -0.123. The van der Waals surface area contributed by atoms with Gasteiger partial charge in [0, 0.05) is 24.1 Å². The molecule has 0 saturated carbocycles. The van der Waals surface area contributed by atoms with Gasteiger partial charge in [-0.1, -0.05) is 32.0 Å². The summed E-state index contributed by atoms with van der Waals surface area (Å²) in [5, 5.41) is 0. The smallest absolute Gasteiger partial charge is 0.158 e. The van der Waals surface area contributed by atoms with Crippen molar-refractivity contribution in [3.05, 3.63) is 29.8 Å². The van der Waals surface area contributed by atoms with E-state index in [-0.39, 0.29) is 12.0 Å². The van der Waals surface area contributed by atoms with Crippen molar-refractivity contribution < 1.29 is 4.79 Å². The number of nitrogens with zero attached hydrogens (tertiary/aromatic N) is 1. The summed E-state index contributed by atoms with van der Waals surface area (Å²) in [5.41, 5.74) is 2.54. The number of para-hydroxylation sites is 1. The molecular weight excluding hydrogens is 210 g/mol. The standard InChI is InChI=1S/C15H21NO/c1-10(2)15(17)14-9-12-7-5-6-8-13(12)16(14)11(3)4/h5-8,10-11,14H,9H2,1-4H3/t14-/m0/s1. The van der Waals surface area contributed by atoms with Crippen LogP contribution in [-0.4, -0.2) is 17.9 Å². The molecule has 0 aromatic heterocycles. The van der Waals surface area contributed by atoms with E-state index in [9.17, 15) is 4.79 Å². The summed E-state index contributed by atoms with van der Waals surface area (Å²) < 4.78 is 0. The van der Waals surface area contributed by atoms with Crippen LogP contribution < -0.4 is 4.90 Å². The van der Waals surface area contributed by atoms with Gasteiger partial charge in [-0.3, -0.25) is 4.79 Å². The first-order valence-electron chi connectivity index (χ1n) is 6.42. The third kappa shape index (κ3) is 2.08. The number of rotatable bonds is 3. The van der Waals surface area contributed by atoms with Crippen LogP contribution in [0.2, 0.25) is 0 Å². The van der Waals surface area contributed by atoms with Crippen LogP contribution in [0.25, 0.3) is 0 Å². The Labute approximate surface area is 104 Å². The van der Waals surface area contributed by atoms with Crippen LogP contribution in [-0.2, 0) is 11.2 Å². The molecule has 0 radical (unpaired) electrons. The van der Waals surface area contributed by atoms with Gasteiger partial charge in [-0.2, -0.15) is 0 Å². The fourth-order valence-electron chi connectivity index (χ4n) is 2.67. The van der Waals surface area contributed by atoms with Crippen LogP contribution in [0.15, 0.2) is 24.3 Å². The zero-order valence-corrected chi connectivity index (χ0v) is 11.1. The minimum absolute atomic E-state index is 0.0346. The van der Waals surface area contributed by atoms with Crippen molar-refractivity contribution in [3.63, 3.8) is 0 Å². The first-order chi connectivity index (χ1) is 8.02. The third-order valence-electron chi connectivity index (χ3n) is 3.47. The van der Waals surface area contributed by atoms with Gasteiger partial charge in [0.05, 0.1) is 6.04 Å². The fraction of sp³-hybridized carbons (Fsp3) is 0.533. The van der Waals surface area contributed by atoms with Crippen molar-refractivity contribution >= 4 is 11.5 Å². The number of hydrogen-bond donors (Lipinski definition) is 0. The van der Waals surface area contributed by atoms with Crippen LogP contribution >= 0.6 is 0 Å². The molecule has 2 nitrogen and oxygen atoms in total. The molecule has 2 heteroatoms. The Balaban J connectivity index is 2.36. The zero-order valence-electron chi connectivity index (χ0n) is 11.1. The van der Waals surface area contributed by atoms with Crippen molar-refractivity contribution in [2.75, 3.05) is 4.90 Å². The van der Waals surface area contributed by atoms with Crippen LogP contribution in [0.4, 0.5) is 5.69 Å². The first kappa shape index (κ1) is 12.2. The quantitative estimate of drug-likeness (QED) is 0.797. The summed E-state index contributed by atoms with van der Waals surface area (Å²) >= 11 is 0. The number of carbonyl (C=O) groups is 1. The van der Waals surface area contributed by atoms with Crippen LogP contribution in [0, 0.1) is 5.92 Å². The predicted octanol–water partition coefficient (Wildman–Crippen LogP) is 3.05. The SMILES string of the molecule is CC(C)C(=O)[C@@H]1Cc2ccccc2N1C(C)C. The highest BCUT2D eigenvalue weighted by atomic mass is 16.1. The summed E-state index contributed by atoms with van der Waals surface area (Å²) in [7, 11) is 0. The van der Waals surface area contributed by atoms with Crippen LogP contribution in [0.1, 0.15) is 33.3 Å². The minimum Gasteiger partial charge on any atom is -0.358 e. The Morgan fingerprint density at radius 3 is 2.47 bits per heavy atom. The Hall–Kier alpha value is -1.31. The van der Waals surface area contributed by atoms with E-state index < -0.39 is 0 Å². The maximum atomic E-state index is 12.3. The number of Topliss-reactive ketones (excluding diaryl/α,β-unsaturated/α-hetero) is 1. The summed E-state index contributed by atoms with van der Waals surface area (Å²) in [4.78, 5) is 14.6. The highest BCUT2D eigenvalue weighted by Crippen LogP contribution is 2.34. The minimum atomic E-state index is 0.0346. The molecule has 0 bridgehead atoms. The summed E-state index contributed by atoms with van der Waals surface area (Å²) in [6.45, 7) is 8.29. The molecule has 0 aliphatic carbocycles. The van der Waals surface area contributed by atoms with E-state index in [0.29, 0.717) is 11.8 Å². The Morgan fingerprint density at radius 1 is 1.24 bits per heavy atom. The van der Waals surface area contributed by atoms with Crippen LogP contribution in [0.5, 0.6) is 0 Å². The molecule has 1 aromatic carbocycles. The van der Waals surface area contributed by atoms with Gasteiger partial charge in [0.2, 0.25) is 0 Å². The monoisotopic (exact) mass is 231 g/mol. The van der Waals surface area contributed by atoms with E-state index in [4.69, 9.17) is 0 Å². The number of fused-ring (bicyclic) bond motifs is 1. The second-order valence-electron chi connectivity index (χ2n) is 5.41.